The predicted molar refractivity (Wildman–Crippen MR) is 112 cm³/mol. The molecule has 0 fully saturated rings. The van der Waals surface area contributed by atoms with E-state index < -0.39 is 28.9 Å². The first kappa shape index (κ1) is 27.8. The number of hydrogen-bond donors (Lipinski definition) is 3. The Labute approximate surface area is 175 Å². The second kappa shape index (κ2) is 13.2. The van der Waals surface area contributed by atoms with Gasteiger partial charge < -0.3 is 24.8 Å². The molecule has 7 heteroatoms. The molecule has 3 N–H and O–H groups in total. The third-order valence-electron chi connectivity index (χ3n) is 5.74. The van der Waals surface area contributed by atoms with Gasteiger partial charge in [0.1, 0.15) is 0 Å². The van der Waals surface area contributed by atoms with Gasteiger partial charge in [0, 0.05) is 13.2 Å². The molecule has 0 saturated heterocycles. The molecule has 0 rings (SSSR count). The van der Waals surface area contributed by atoms with E-state index in [2.05, 4.69) is 0 Å². The second-order valence-corrected chi connectivity index (χ2v) is 9.29. The maximum absolute atomic E-state index is 12.0. The Morgan fingerprint density at radius 2 is 1.45 bits per heavy atom. The van der Waals surface area contributed by atoms with Crippen LogP contribution in [0.25, 0.3) is 0 Å². The Morgan fingerprint density at radius 1 is 0.862 bits per heavy atom. The molecule has 0 aliphatic rings. The van der Waals surface area contributed by atoms with Crippen LogP contribution in [-0.4, -0.2) is 59.8 Å². The quantitative estimate of drug-likeness (QED) is 0.308. The minimum atomic E-state index is -0.994. The highest BCUT2D eigenvalue weighted by molar-refractivity contribution is 5.75. The molecule has 0 saturated carbocycles. The van der Waals surface area contributed by atoms with E-state index in [1.807, 2.05) is 27.7 Å². The van der Waals surface area contributed by atoms with Gasteiger partial charge in [0.25, 0.3) is 0 Å². The van der Waals surface area contributed by atoms with Gasteiger partial charge in [-0.25, -0.2) is 0 Å². The van der Waals surface area contributed by atoms with Gasteiger partial charge in [-0.15, -0.1) is 0 Å². The summed E-state index contributed by atoms with van der Waals surface area (Å²) in [5, 5.41) is 28.3. The van der Waals surface area contributed by atoms with Crippen LogP contribution in [0.4, 0.5) is 0 Å². The van der Waals surface area contributed by atoms with Gasteiger partial charge in [-0.3, -0.25) is 9.59 Å². The molecular formula is C22H42O7. The van der Waals surface area contributed by atoms with Crippen molar-refractivity contribution in [1.29, 1.82) is 0 Å². The van der Waals surface area contributed by atoms with Crippen molar-refractivity contribution >= 4 is 11.9 Å². The van der Waals surface area contributed by atoms with Gasteiger partial charge in [-0.05, 0) is 57.8 Å². The number of unbranched alkanes of at least 4 members (excludes halogenated alkanes) is 1. The van der Waals surface area contributed by atoms with E-state index in [1.54, 1.807) is 13.8 Å². The lowest BCUT2D eigenvalue weighted by Gasteiger charge is -2.36. The first-order chi connectivity index (χ1) is 13.4. The van der Waals surface area contributed by atoms with Crippen LogP contribution in [0.2, 0.25) is 0 Å². The molecule has 0 aliphatic carbocycles. The van der Waals surface area contributed by atoms with Crippen molar-refractivity contribution < 1.29 is 34.4 Å². The average Bonchev–Trinajstić information content (AvgIpc) is 2.59. The van der Waals surface area contributed by atoms with Crippen molar-refractivity contribution in [3.8, 4) is 0 Å². The maximum atomic E-state index is 12.0. The molecular weight excluding hydrogens is 376 g/mol. The van der Waals surface area contributed by atoms with E-state index in [9.17, 15) is 19.8 Å². The van der Waals surface area contributed by atoms with Crippen LogP contribution in [-0.2, 0) is 19.1 Å². The zero-order chi connectivity index (χ0) is 22.7. The summed E-state index contributed by atoms with van der Waals surface area (Å²) in [4.78, 5) is 23.9. The number of ether oxygens (including phenoxy) is 2. The van der Waals surface area contributed by atoms with E-state index in [1.165, 1.54) is 0 Å². The molecule has 0 radical (unpaired) electrons. The van der Waals surface area contributed by atoms with E-state index in [0.717, 1.165) is 12.8 Å². The van der Waals surface area contributed by atoms with Crippen LogP contribution in [0.1, 0.15) is 73.6 Å². The SMILES string of the molecule is CC(C)CC(C)(CC(CC(C)(C(=O)O)C(C)C)OCCCCOCCO)C(=O)O. The summed E-state index contributed by atoms with van der Waals surface area (Å²) >= 11 is 0. The number of carboxylic acid groups (broad SMARTS) is 2. The van der Waals surface area contributed by atoms with E-state index in [-0.39, 0.29) is 31.3 Å². The van der Waals surface area contributed by atoms with Crippen LogP contribution in [0, 0.1) is 22.7 Å². The lowest BCUT2D eigenvalue weighted by Crippen LogP contribution is -2.41. The lowest BCUT2D eigenvalue weighted by atomic mass is 9.70. The molecule has 0 aromatic rings. The van der Waals surface area contributed by atoms with Crippen molar-refractivity contribution in [2.24, 2.45) is 22.7 Å². The normalized spacial score (nSPS) is 17.1. The van der Waals surface area contributed by atoms with Crippen molar-refractivity contribution in [3.05, 3.63) is 0 Å². The number of aliphatic hydroxyl groups is 1. The van der Waals surface area contributed by atoms with Crippen LogP contribution in [0.5, 0.6) is 0 Å². The molecule has 0 aromatic carbocycles. The average molecular weight is 419 g/mol. The molecule has 172 valence electrons. The van der Waals surface area contributed by atoms with E-state index >= 15 is 0 Å². The fraction of sp³-hybridized carbons (Fsp3) is 0.909. The van der Waals surface area contributed by atoms with Gasteiger partial charge in [-0.2, -0.15) is 0 Å². The molecule has 0 bridgehead atoms. The Kier molecular flexibility index (Phi) is 12.7. The van der Waals surface area contributed by atoms with Gasteiger partial charge in [0.15, 0.2) is 0 Å². The molecule has 3 unspecified atom stereocenters. The Balaban J connectivity index is 5.22. The predicted octanol–water partition coefficient (Wildman–Crippen LogP) is 3.82. The number of carbonyl (C=O) groups is 2. The van der Waals surface area contributed by atoms with Crippen LogP contribution in [0.3, 0.4) is 0 Å². The molecule has 29 heavy (non-hydrogen) atoms. The summed E-state index contributed by atoms with van der Waals surface area (Å²) in [6, 6.07) is 0. The lowest BCUT2D eigenvalue weighted by molar-refractivity contribution is -0.157. The van der Waals surface area contributed by atoms with Crippen LogP contribution >= 0.6 is 0 Å². The van der Waals surface area contributed by atoms with Crippen molar-refractivity contribution in [3.63, 3.8) is 0 Å². The Morgan fingerprint density at radius 3 is 1.90 bits per heavy atom. The third-order valence-corrected chi connectivity index (χ3v) is 5.74. The highest BCUT2D eigenvalue weighted by Crippen LogP contribution is 2.39. The highest BCUT2D eigenvalue weighted by atomic mass is 16.5. The van der Waals surface area contributed by atoms with Gasteiger partial charge in [0.05, 0.1) is 30.1 Å². The molecule has 0 amide bonds. The minimum Gasteiger partial charge on any atom is -0.481 e. The van der Waals surface area contributed by atoms with Gasteiger partial charge in [0.2, 0.25) is 0 Å². The summed E-state index contributed by atoms with van der Waals surface area (Å²) < 4.78 is 11.3. The monoisotopic (exact) mass is 418 g/mol. The van der Waals surface area contributed by atoms with Gasteiger partial charge in [-0.1, -0.05) is 27.7 Å². The number of aliphatic hydroxyl groups excluding tert-OH is 1. The van der Waals surface area contributed by atoms with Crippen LogP contribution < -0.4 is 0 Å². The van der Waals surface area contributed by atoms with Gasteiger partial charge >= 0.3 is 11.9 Å². The number of carboxylic acids is 2. The van der Waals surface area contributed by atoms with Crippen molar-refractivity contribution in [2.45, 2.75) is 79.8 Å². The fourth-order valence-corrected chi connectivity index (χ4v) is 3.62. The summed E-state index contributed by atoms with van der Waals surface area (Å²) in [6.45, 7) is 12.4. The first-order valence-electron chi connectivity index (χ1n) is 10.7. The summed E-state index contributed by atoms with van der Waals surface area (Å²) in [5.41, 5.74) is -1.97. The number of aliphatic carboxylic acids is 2. The summed E-state index contributed by atoms with van der Waals surface area (Å²) in [6.07, 6.45) is 2.06. The molecule has 7 nitrogen and oxygen atoms in total. The zero-order valence-corrected chi connectivity index (χ0v) is 19.1. The van der Waals surface area contributed by atoms with Crippen molar-refractivity contribution in [1.82, 2.24) is 0 Å². The first-order valence-corrected chi connectivity index (χ1v) is 10.7. The Bertz CT molecular complexity index is 492. The maximum Gasteiger partial charge on any atom is 0.309 e. The van der Waals surface area contributed by atoms with Crippen LogP contribution in [0.15, 0.2) is 0 Å². The molecule has 0 heterocycles. The van der Waals surface area contributed by atoms with E-state index in [0.29, 0.717) is 26.2 Å². The Hall–Kier alpha value is -1.18. The number of hydrogen-bond acceptors (Lipinski definition) is 5. The zero-order valence-electron chi connectivity index (χ0n) is 19.1. The second-order valence-electron chi connectivity index (χ2n) is 9.29. The standard InChI is InChI=1S/C22H42O7/c1-16(2)13-21(5,19(24)25)14-18(15-22(6,17(3)4)20(26)27)29-11-8-7-10-28-12-9-23/h16-18,23H,7-15H2,1-6H3,(H,24,25)(H,26,27). The highest BCUT2D eigenvalue weighted by Gasteiger charge is 2.43. The molecule has 0 spiro atoms. The molecule has 0 aromatic heterocycles. The smallest absolute Gasteiger partial charge is 0.309 e. The topological polar surface area (TPSA) is 113 Å². The van der Waals surface area contributed by atoms with Crippen molar-refractivity contribution in [2.75, 3.05) is 26.4 Å². The fourth-order valence-electron chi connectivity index (χ4n) is 3.62. The third kappa shape index (κ3) is 9.92. The molecule has 0 aliphatic heterocycles. The van der Waals surface area contributed by atoms with E-state index in [4.69, 9.17) is 14.6 Å². The number of rotatable bonds is 17. The molecule has 3 atom stereocenters. The summed E-state index contributed by atoms with van der Waals surface area (Å²) in [7, 11) is 0. The minimum absolute atomic E-state index is 0.00876. The summed E-state index contributed by atoms with van der Waals surface area (Å²) in [5.74, 6) is -1.67. The largest absolute Gasteiger partial charge is 0.481 e.